The molecule has 3 heteroatoms. The number of rotatable bonds is 4. The van der Waals surface area contributed by atoms with Crippen LogP contribution in [0.2, 0.25) is 0 Å². The van der Waals surface area contributed by atoms with E-state index >= 15 is 0 Å². The third-order valence-electron chi connectivity index (χ3n) is 3.70. The number of hydrogen-bond acceptors (Lipinski definition) is 2. The third kappa shape index (κ3) is 3.20. The molecule has 0 aliphatic carbocycles. The summed E-state index contributed by atoms with van der Waals surface area (Å²) >= 11 is 1.75. The second kappa shape index (κ2) is 6.32. The zero-order valence-electron chi connectivity index (χ0n) is 12.6. The summed E-state index contributed by atoms with van der Waals surface area (Å²) in [5, 5.41) is 0. The van der Waals surface area contributed by atoms with Crippen molar-refractivity contribution in [3.05, 3.63) is 76.4 Å². The SMILES string of the molecule is COc1ccc(Cc2ccc(-c3ccc(F)cc3)s2)c(C)c1. The van der Waals surface area contributed by atoms with Crippen molar-refractivity contribution in [2.24, 2.45) is 0 Å². The molecule has 0 unspecified atom stereocenters. The Bertz CT molecular complexity index is 774. The summed E-state index contributed by atoms with van der Waals surface area (Å²) < 4.78 is 18.2. The van der Waals surface area contributed by atoms with E-state index in [0.29, 0.717) is 0 Å². The predicted molar refractivity (Wildman–Crippen MR) is 90.3 cm³/mol. The Labute approximate surface area is 134 Å². The van der Waals surface area contributed by atoms with E-state index < -0.39 is 0 Å². The number of ether oxygens (including phenoxy) is 1. The van der Waals surface area contributed by atoms with Gasteiger partial charge in [-0.3, -0.25) is 0 Å². The molecular weight excluding hydrogens is 295 g/mol. The van der Waals surface area contributed by atoms with Crippen LogP contribution in [0, 0.1) is 12.7 Å². The van der Waals surface area contributed by atoms with Gasteiger partial charge in [-0.15, -0.1) is 11.3 Å². The smallest absolute Gasteiger partial charge is 0.123 e. The molecule has 0 aliphatic rings. The highest BCUT2D eigenvalue weighted by Gasteiger charge is 2.06. The molecule has 0 spiro atoms. The average Bonchev–Trinajstić information content (AvgIpc) is 2.98. The number of aryl methyl sites for hydroxylation is 1. The van der Waals surface area contributed by atoms with Gasteiger partial charge >= 0.3 is 0 Å². The molecule has 22 heavy (non-hydrogen) atoms. The Morgan fingerprint density at radius 2 is 1.77 bits per heavy atom. The van der Waals surface area contributed by atoms with Crippen molar-refractivity contribution < 1.29 is 9.13 Å². The van der Waals surface area contributed by atoms with E-state index in [4.69, 9.17) is 4.74 Å². The molecule has 1 heterocycles. The number of benzene rings is 2. The molecule has 112 valence electrons. The molecule has 1 nitrogen and oxygen atoms in total. The molecule has 1 aromatic heterocycles. The molecular formula is C19H17FOS. The summed E-state index contributed by atoms with van der Waals surface area (Å²) in [6, 6.07) is 17.1. The summed E-state index contributed by atoms with van der Waals surface area (Å²) in [5.74, 6) is 0.689. The van der Waals surface area contributed by atoms with E-state index in [-0.39, 0.29) is 5.82 Å². The van der Waals surface area contributed by atoms with Crippen LogP contribution in [0.5, 0.6) is 5.75 Å². The summed E-state index contributed by atoms with van der Waals surface area (Å²) in [7, 11) is 1.68. The van der Waals surface area contributed by atoms with Crippen LogP contribution in [0.3, 0.4) is 0 Å². The van der Waals surface area contributed by atoms with E-state index in [1.54, 1.807) is 18.4 Å². The van der Waals surface area contributed by atoms with Gasteiger partial charge in [-0.25, -0.2) is 4.39 Å². The van der Waals surface area contributed by atoms with Crippen LogP contribution in [0.1, 0.15) is 16.0 Å². The van der Waals surface area contributed by atoms with Crippen molar-refractivity contribution in [3.63, 3.8) is 0 Å². The maximum absolute atomic E-state index is 13.0. The van der Waals surface area contributed by atoms with Gasteiger partial charge in [0.1, 0.15) is 11.6 Å². The van der Waals surface area contributed by atoms with Gasteiger partial charge in [0, 0.05) is 16.2 Å². The Kier molecular flexibility index (Phi) is 4.25. The van der Waals surface area contributed by atoms with Crippen LogP contribution in [0.15, 0.2) is 54.6 Å². The van der Waals surface area contributed by atoms with E-state index in [9.17, 15) is 4.39 Å². The first-order valence-corrected chi connectivity index (χ1v) is 7.95. The summed E-state index contributed by atoms with van der Waals surface area (Å²) in [6.45, 7) is 2.10. The molecule has 3 aromatic rings. The van der Waals surface area contributed by atoms with Gasteiger partial charge in [0.05, 0.1) is 7.11 Å². The fourth-order valence-electron chi connectivity index (χ4n) is 2.42. The third-order valence-corrected chi connectivity index (χ3v) is 4.84. The minimum Gasteiger partial charge on any atom is -0.497 e. The lowest BCUT2D eigenvalue weighted by Gasteiger charge is -2.07. The van der Waals surface area contributed by atoms with E-state index in [0.717, 1.165) is 17.7 Å². The van der Waals surface area contributed by atoms with E-state index in [1.165, 1.54) is 33.0 Å². The fourth-order valence-corrected chi connectivity index (χ4v) is 3.46. The minimum atomic E-state index is -0.200. The van der Waals surface area contributed by atoms with Gasteiger partial charge in [0.15, 0.2) is 0 Å². The molecule has 0 aliphatic heterocycles. The number of methoxy groups -OCH3 is 1. The van der Waals surface area contributed by atoms with Crippen LogP contribution in [-0.4, -0.2) is 7.11 Å². The second-order valence-electron chi connectivity index (χ2n) is 5.24. The average molecular weight is 312 g/mol. The number of hydrogen-bond donors (Lipinski definition) is 0. The van der Waals surface area contributed by atoms with Crippen molar-refractivity contribution >= 4 is 11.3 Å². The van der Waals surface area contributed by atoms with E-state index in [2.05, 4.69) is 31.2 Å². The quantitative estimate of drug-likeness (QED) is 0.621. The molecule has 0 atom stereocenters. The lowest BCUT2D eigenvalue weighted by molar-refractivity contribution is 0.414. The zero-order chi connectivity index (χ0) is 15.5. The van der Waals surface area contributed by atoms with Crippen LogP contribution in [-0.2, 0) is 6.42 Å². The molecule has 3 rings (SSSR count). The summed E-state index contributed by atoms with van der Waals surface area (Å²) in [5.41, 5.74) is 3.59. The van der Waals surface area contributed by atoms with Gasteiger partial charge < -0.3 is 4.74 Å². The van der Waals surface area contributed by atoms with Crippen molar-refractivity contribution in [2.75, 3.05) is 7.11 Å². The van der Waals surface area contributed by atoms with Crippen molar-refractivity contribution in [1.82, 2.24) is 0 Å². The first kappa shape index (κ1) is 14.8. The molecule has 0 radical (unpaired) electrons. The minimum absolute atomic E-state index is 0.200. The molecule has 0 N–H and O–H groups in total. The first-order chi connectivity index (χ1) is 10.7. The van der Waals surface area contributed by atoms with Crippen molar-refractivity contribution in [3.8, 4) is 16.2 Å². The fraction of sp³-hybridized carbons (Fsp3) is 0.158. The van der Waals surface area contributed by atoms with Crippen LogP contribution in [0.25, 0.3) is 10.4 Å². The van der Waals surface area contributed by atoms with Gasteiger partial charge in [0.25, 0.3) is 0 Å². The molecule has 0 saturated carbocycles. The summed E-state index contributed by atoms with van der Waals surface area (Å²) in [4.78, 5) is 2.47. The number of thiophene rings is 1. The topological polar surface area (TPSA) is 9.23 Å². The van der Waals surface area contributed by atoms with Gasteiger partial charge in [-0.1, -0.05) is 18.2 Å². The van der Waals surface area contributed by atoms with Crippen LogP contribution < -0.4 is 4.74 Å². The van der Waals surface area contributed by atoms with Crippen molar-refractivity contribution in [1.29, 1.82) is 0 Å². The highest BCUT2D eigenvalue weighted by atomic mass is 32.1. The molecule has 2 aromatic carbocycles. The first-order valence-electron chi connectivity index (χ1n) is 7.14. The lowest BCUT2D eigenvalue weighted by Crippen LogP contribution is -1.91. The van der Waals surface area contributed by atoms with Gasteiger partial charge in [-0.05, 0) is 60.0 Å². The molecule has 0 bridgehead atoms. The Hall–Kier alpha value is -2.13. The molecule has 0 amide bonds. The van der Waals surface area contributed by atoms with Crippen molar-refractivity contribution in [2.45, 2.75) is 13.3 Å². The van der Waals surface area contributed by atoms with Gasteiger partial charge in [-0.2, -0.15) is 0 Å². The Balaban J connectivity index is 1.81. The highest BCUT2D eigenvalue weighted by molar-refractivity contribution is 7.15. The maximum atomic E-state index is 13.0. The van der Waals surface area contributed by atoms with Gasteiger partial charge in [0.2, 0.25) is 0 Å². The normalized spacial score (nSPS) is 10.7. The monoisotopic (exact) mass is 312 g/mol. The zero-order valence-corrected chi connectivity index (χ0v) is 13.4. The Morgan fingerprint density at radius 1 is 1.00 bits per heavy atom. The summed E-state index contributed by atoms with van der Waals surface area (Å²) in [6.07, 6.45) is 0.904. The largest absolute Gasteiger partial charge is 0.497 e. The molecule has 0 saturated heterocycles. The van der Waals surface area contributed by atoms with E-state index in [1.807, 2.05) is 18.2 Å². The second-order valence-corrected chi connectivity index (χ2v) is 6.41. The van der Waals surface area contributed by atoms with Crippen LogP contribution in [0.4, 0.5) is 4.39 Å². The highest BCUT2D eigenvalue weighted by Crippen LogP contribution is 2.30. The maximum Gasteiger partial charge on any atom is 0.123 e. The Morgan fingerprint density at radius 3 is 2.45 bits per heavy atom. The number of halogens is 1. The lowest BCUT2D eigenvalue weighted by atomic mass is 10.0. The standard InChI is InChI=1S/C19H17FOS/c1-13-11-17(21-2)8-5-15(13)12-18-9-10-19(22-18)14-3-6-16(20)7-4-14/h3-11H,12H2,1-2H3. The van der Waals surface area contributed by atoms with Crippen LogP contribution >= 0.6 is 11.3 Å². The predicted octanol–water partition coefficient (Wildman–Crippen LogP) is 5.46. The molecule has 0 fully saturated rings.